The number of furan rings is 1. The Morgan fingerprint density at radius 3 is 3.00 bits per heavy atom. The maximum atomic E-state index is 12.1. The molecule has 0 unspecified atom stereocenters. The Bertz CT molecular complexity index is 739. The summed E-state index contributed by atoms with van der Waals surface area (Å²) in [4.78, 5) is 25.9. The molecule has 122 valence electrons. The maximum Gasteiger partial charge on any atom is 0.374 e. The SMILES string of the molecule is C[C@@H]1CCCN(C(=O)COC(=O)c2cc3cc(Cl)ccc3o2)C1. The first-order valence-corrected chi connectivity index (χ1v) is 8.05. The van der Waals surface area contributed by atoms with Crippen molar-refractivity contribution < 1.29 is 18.7 Å². The zero-order chi connectivity index (χ0) is 16.4. The van der Waals surface area contributed by atoms with Gasteiger partial charge >= 0.3 is 5.97 Å². The normalized spacial score (nSPS) is 18.2. The van der Waals surface area contributed by atoms with Crippen molar-refractivity contribution in [2.45, 2.75) is 19.8 Å². The molecule has 2 aromatic rings. The number of hydrogen-bond donors (Lipinski definition) is 0. The molecular weight excluding hydrogens is 318 g/mol. The number of benzene rings is 1. The maximum absolute atomic E-state index is 12.1. The van der Waals surface area contributed by atoms with Crippen LogP contribution in [-0.2, 0) is 9.53 Å². The predicted octanol–water partition coefficient (Wildman–Crippen LogP) is 3.50. The average Bonchev–Trinajstić information content (AvgIpc) is 2.95. The molecule has 5 nitrogen and oxygen atoms in total. The Morgan fingerprint density at radius 2 is 2.22 bits per heavy atom. The third-order valence-corrected chi connectivity index (χ3v) is 4.25. The summed E-state index contributed by atoms with van der Waals surface area (Å²) in [5.74, 6) is -0.245. The molecule has 0 bridgehead atoms. The quantitative estimate of drug-likeness (QED) is 0.805. The van der Waals surface area contributed by atoms with Gasteiger partial charge in [0, 0.05) is 23.5 Å². The Kier molecular flexibility index (Phi) is 4.57. The van der Waals surface area contributed by atoms with Gasteiger partial charge in [0.2, 0.25) is 5.76 Å². The fourth-order valence-corrected chi connectivity index (χ4v) is 3.00. The van der Waals surface area contributed by atoms with Crippen LogP contribution in [-0.4, -0.2) is 36.5 Å². The van der Waals surface area contributed by atoms with Crippen molar-refractivity contribution >= 4 is 34.4 Å². The Hall–Kier alpha value is -2.01. The summed E-state index contributed by atoms with van der Waals surface area (Å²) in [5.41, 5.74) is 0.553. The van der Waals surface area contributed by atoms with E-state index in [0.717, 1.165) is 31.3 Å². The number of carbonyl (C=O) groups is 2. The number of hydrogen-bond acceptors (Lipinski definition) is 4. The second-order valence-electron chi connectivity index (χ2n) is 5.96. The van der Waals surface area contributed by atoms with Gasteiger partial charge in [-0.05, 0) is 43.0 Å². The third kappa shape index (κ3) is 3.67. The first-order valence-electron chi connectivity index (χ1n) is 7.67. The van der Waals surface area contributed by atoms with Gasteiger partial charge in [0.25, 0.3) is 5.91 Å². The fraction of sp³-hybridized carbons (Fsp3) is 0.412. The largest absolute Gasteiger partial charge is 0.450 e. The van der Waals surface area contributed by atoms with E-state index in [1.54, 1.807) is 29.2 Å². The van der Waals surface area contributed by atoms with Crippen molar-refractivity contribution in [2.24, 2.45) is 5.92 Å². The minimum atomic E-state index is -0.643. The number of fused-ring (bicyclic) bond motifs is 1. The van der Waals surface area contributed by atoms with E-state index < -0.39 is 5.97 Å². The van der Waals surface area contributed by atoms with Crippen molar-refractivity contribution in [3.8, 4) is 0 Å². The van der Waals surface area contributed by atoms with Gasteiger partial charge in [-0.2, -0.15) is 0 Å². The van der Waals surface area contributed by atoms with Crippen LogP contribution in [0.4, 0.5) is 0 Å². The zero-order valence-corrected chi connectivity index (χ0v) is 13.6. The molecule has 1 aromatic carbocycles. The molecule has 1 fully saturated rings. The number of ether oxygens (including phenoxy) is 1. The van der Waals surface area contributed by atoms with Crippen LogP contribution in [0.25, 0.3) is 11.0 Å². The number of carbonyl (C=O) groups excluding carboxylic acids is 2. The lowest BCUT2D eigenvalue weighted by molar-refractivity contribution is -0.136. The number of halogens is 1. The highest BCUT2D eigenvalue weighted by Gasteiger charge is 2.23. The standard InChI is InChI=1S/C17H18ClNO4/c1-11-3-2-6-19(9-11)16(20)10-22-17(21)15-8-12-7-13(18)4-5-14(12)23-15/h4-5,7-8,11H,2-3,6,9-10H2,1H3/t11-/m1/s1. The van der Waals surface area contributed by atoms with E-state index in [1.165, 1.54) is 0 Å². The van der Waals surface area contributed by atoms with Crippen LogP contribution < -0.4 is 0 Å². The minimum absolute atomic E-state index is 0.0714. The highest BCUT2D eigenvalue weighted by atomic mass is 35.5. The molecule has 2 heterocycles. The molecule has 1 atom stereocenters. The van der Waals surface area contributed by atoms with Crippen LogP contribution in [0.3, 0.4) is 0 Å². The van der Waals surface area contributed by atoms with Crippen LogP contribution >= 0.6 is 11.6 Å². The first kappa shape index (κ1) is 15.9. The lowest BCUT2D eigenvalue weighted by Gasteiger charge is -2.30. The molecular formula is C17H18ClNO4. The van der Waals surface area contributed by atoms with Crippen LogP contribution in [0.15, 0.2) is 28.7 Å². The number of nitrogens with zero attached hydrogens (tertiary/aromatic N) is 1. The van der Waals surface area contributed by atoms with Crippen molar-refractivity contribution in [3.63, 3.8) is 0 Å². The summed E-state index contributed by atoms with van der Waals surface area (Å²) in [5, 5.41) is 1.29. The first-order chi connectivity index (χ1) is 11.0. The summed E-state index contributed by atoms with van der Waals surface area (Å²) >= 11 is 5.90. The summed E-state index contributed by atoms with van der Waals surface area (Å²) in [6.45, 7) is 3.30. The van der Waals surface area contributed by atoms with Gasteiger partial charge in [-0.1, -0.05) is 18.5 Å². The van der Waals surface area contributed by atoms with Crippen molar-refractivity contribution in [1.82, 2.24) is 4.90 Å². The summed E-state index contributed by atoms with van der Waals surface area (Å²) < 4.78 is 10.5. The number of piperidine rings is 1. The molecule has 0 aliphatic carbocycles. The Morgan fingerprint density at radius 1 is 1.39 bits per heavy atom. The van der Waals surface area contributed by atoms with Crippen molar-refractivity contribution in [3.05, 3.63) is 35.0 Å². The second kappa shape index (κ2) is 6.62. The van der Waals surface area contributed by atoms with Gasteiger partial charge < -0.3 is 14.1 Å². The highest BCUT2D eigenvalue weighted by molar-refractivity contribution is 6.31. The minimum Gasteiger partial charge on any atom is -0.450 e. The summed E-state index contributed by atoms with van der Waals surface area (Å²) in [6.07, 6.45) is 2.12. The number of esters is 1. The Labute approximate surface area is 139 Å². The van der Waals surface area contributed by atoms with E-state index in [1.807, 2.05) is 0 Å². The predicted molar refractivity (Wildman–Crippen MR) is 86.5 cm³/mol. The summed E-state index contributed by atoms with van der Waals surface area (Å²) in [7, 11) is 0. The molecule has 1 aliphatic rings. The number of rotatable bonds is 3. The summed E-state index contributed by atoms with van der Waals surface area (Å²) in [6, 6.07) is 6.65. The third-order valence-electron chi connectivity index (χ3n) is 4.02. The molecule has 1 aromatic heterocycles. The van der Waals surface area contributed by atoms with Gasteiger partial charge in [0.15, 0.2) is 6.61 Å². The van der Waals surface area contributed by atoms with Gasteiger partial charge in [0.05, 0.1) is 0 Å². The Balaban J connectivity index is 1.60. The second-order valence-corrected chi connectivity index (χ2v) is 6.39. The van der Waals surface area contributed by atoms with E-state index in [-0.39, 0.29) is 18.3 Å². The van der Waals surface area contributed by atoms with E-state index in [9.17, 15) is 9.59 Å². The highest BCUT2D eigenvalue weighted by Crippen LogP contribution is 2.23. The molecule has 23 heavy (non-hydrogen) atoms. The average molecular weight is 336 g/mol. The van der Waals surface area contributed by atoms with Gasteiger partial charge in [0.1, 0.15) is 5.58 Å². The van der Waals surface area contributed by atoms with Gasteiger partial charge in [-0.15, -0.1) is 0 Å². The monoisotopic (exact) mass is 335 g/mol. The lowest BCUT2D eigenvalue weighted by Crippen LogP contribution is -2.41. The van der Waals surface area contributed by atoms with Crippen molar-refractivity contribution in [2.75, 3.05) is 19.7 Å². The lowest BCUT2D eigenvalue weighted by atomic mass is 10.0. The zero-order valence-electron chi connectivity index (χ0n) is 12.9. The molecule has 1 aliphatic heterocycles. The van der Waals surface area contributed by atoms with Gasteiger partial charge in [-0.25, -0.2) is 4.79 Å². The number of likely N-dealkylation sites (tertiary alicyclic amines) is 1. The molecule has 1 amide bonds. The van der Waals surface area contributed by atoms with Gasteiger partial charge in [-0.3, -0.25) is 4.79 Å². The molecule has 0 saturated carbocycles. The molecule has 1 saturated heterocycles. The molecule has 6 heteroatoms. The topological polar surface area (TPSA) is 59.8 Å². The molecule has 0 spiro atoms. The van der Waals surface area contributed by atoms with E-state index in [4.69, 9.17) is 20.8 Å². The molecule has 0 N–H and O–H groups in total. The smallest absolute Gasteiger partial charge is 0.374 e. The van der Waals surface area contributed by atoms with Crippen molar-refractivity contribution in [1.29, 1.82) is 0 Å². The van der Waals surface area contributed by atoms with Crippen LogP contribution in [0.1, 0.15) is 30.3 Å². The fourth-order valence-electron chi connectivity index (χ4n) is 2.82. The number of amides is 1. The molecule has 3 rings (SSSR count). The molecule has 0 radical (unpaired) electrons. The van der Waals surface area contributed by atoms with E-state index >= 15 is 0 Å². The van der Waals surface area contributed by atoms with E-state index in [0.29, 0.717) is 16.5 Å². The van der Waals surface area contributed by atoms with Crippen LogP contribution in [0.5, 0.6) is 0 Å². The van der Waals surface area contributed by atoms with Crippen LogP contribution in [0, 0.1) is 5.92 Å². The van der Waals surface area contributed by atoms with Crippen LogP contribution in [0.2, 0.25) is 5.02 Å². The van der Waals surface area contributed by atoms with E-state index in [2.05, 4.69) is 6.92 Å².